The summed E-state index contributed by atoms with van der Waals surface area (Å²) in [4.78, 5) is 12.2. The van der Waals surface area contributed by atoms with E-state index in [1.54, 1.807) is 11.3 Å². The molecule has 0 atom stereocenters. The zero-order valence-corrected chi connectivity index (χ0v) is 15.1. The summed E-state index contributed by atoms with van der Waals surface area (Å²) in [6.45, 7) is 4.37. The van der Waals surface area contributed by atoms with E-state index in [0.29, 0.717) is 6.04 Å². The Hall–Kier alpha value is -1.94. The lowest BCUT2D eigenvalue weighted by atomic mass is 10.1. The molecule has 0 spiro atoms. The SMILES string of the molecule is Cc1sc2nc(Cc3ccccc3)nc(NC3CCCC3)c2c1C. The van der Waals surface area contributed by atoms with Gasteiger partial charge in [0.15, 0.2) is 0 Å². The van der Waals surface area contributed by atoms with Crippen LogP contribution in [0.1, 0.15) is 47.5 Å². The Balaban J connectivity index is 1.75. The average molecular weight is 337 g/mol. The van der Waals surface area contributed by atoms with Crippen LogP contribution in [-0.4, -0.2) is 16.0 Å². The summed E-state index contributed by atoms with van der Waals surface area (Å²) in [6.07, 6.45) is 5.93. The van der Waals surface area contributed by atoms with Crippen molar-refractivity contribution in [3.63, 3.8) is 0 Å². The van der Waals surface area contributed by atoms with E-state index in [9.17, 15) is 0 Å². The third kappa shape index (κ3) is 3.03. The molecular formula is C20H23N3S. The number of nitrogens with zero attached hydrogens (tertiary/aromatic N) is 2. The van der Waals surface area contributed by atoms with Gasteiger partial charge in [0.25, 0.3) is 0 Å². The fourth-order valence-corrected chi connectivity index (χ4v) is 4.57. The number of anilines is 1. The summed E-state index contributed by atoms with van der Waals surface area (Å²) in [6, 6.07) is 11.0. The average Bonchev–Trinajstić information content (AvgIpc) is 3.17. The highest BCUT2D eigenvalue weighted by atomic mass is 32.1. The van der Waals surface area contributed by atoms with Crippen LogP contribution in [0.3, 0.4) is 0 Å². The van der Waals surface area contributed by atoms with E-state index in [2.05, 4.69) is 43.4 Å². The maximum absolute atomic E-state index is 4.92. The Morgan fingerprint density at radius 1 is 1.08 bits per heavy atom. The van der Waals surface area contributed by atoms with Gasteiger partial charge in [-0.2, -0.15) is 0 Å². The van der Waals surface area contributed by atoms with Gasteiger partial charge in [0, 0.05) is 17.3 Å². The normalized spacial score (nSPS) is 15.2. The number of aryl methyl sites for hydroxylation is 2. The molecule has 0 bridgehead atoms. The minimum atomic E-state index is 0.562. The topological polar surface area (TPSA) is 37.8 Å². The smallest absolute Gasteiger partial charge is 0.139 e. The quantitative estimate of drug-likeness (QED) is 0.706. The molecular weight excluding hydrogens is 314 g/mol. The van der Waals surface area contributed by atoms with Crippen LogP contribution in [0.4, 0.5) is 5.82 Å². The fraction of sp³-hybridized carbons (Fsp3) is 0.400. The summed E-state index contributed by atoms with van der Waals surface area (Å²) in [7, 11) is 0. The van der Waals surface area contributed by atoms with Crippen LogP contribution in [0.5, 0.6) is 0 Å². The van der Waals surface area contributed by atoms with E-state index in [1.807, 2.05) is 6.07 Å². The molecule has 2 aromatic heterocycles. The van der Waals surface area contributed by atoms with Crippen LogP contribution in [0.25, 0.3) is 10.2 Å². The molecule has 24 heavy (non-hydrogen) atoms. The molecule has 3 aromatic rings. The van der Waals surface area contributed by atoms with E-state index in [1.165, 1.54) is 47.1 Å². The molecule has 4 rings (SSSR count). The predicted octanol–water partition coefficient (Wildman–Crippen LogP) is 5.25. The number of aromatic nitrogens is 2. The third-order valence-corrected chi connectivity index (χ3v) is 6.08. The first-order chi connectivity index (χ1) is 11.7. The van der Waals surface area contributed by atoms with Crippen molar-refractivity contribution in [1.82, 2.24) is 9.97 Å². The minimum Gasteiger partial charge on any atom is -0.367 e. The summed E-state index contributed by atoms with van der Waals surface area (Å²) in [5.74, 6) is 1.95. The molecule has 0 saturated heterocycles. The van der Waals surface area contributed by atoms with Crippen molar-refractivity contribution in [3.8, 4) is 0 Å². The monoisotopic (exact) mass is 337 g/mol. The van der Waals surface area contributed by atoms with Crippen molar-refractivity contribution in [2.24, 2.45) is 0 Å². The molecule has 1 saturated carbocycles. The van der Waals surface area contributed by atoms with Gasteiger partial charge in [-0.15, -0.1) is 11.3 Å². The highest BCUT2D eigenvalue weighted by Gasteiger charge is 2.20. The van der Waals surface area contributed by atoms with Crippen molar-refractivity contribution in [2.75, 3.05) is 5.32 Å². The Bertz CT molecular complexity index is 848. The Morgan fingerprint density at radius 3 is 2.58 bits per heavy atom. The molecule has 1 aliphatic rings. The lowest BCUT2D eigenvalue weighted by molar-refractivity contribution is 0.750. The van der Waals surface area contributed by atoms with Crippen molar-refractivity contribution in [1.29, 1.82) is 0 Å². The second-order valence-corrected chi connectivity index (χ2v) is 7.94. The van der Waals surface area contributed by atoms with Crippen LogP contribution < -0.4 is 5.32 Å². The third-order valence-electron chi connectivity index (χ3n) is 4.98. The van der Waals surface area contributed by atoms with Crippen LogP contribution >= 0.6 is 11.3 Å². The minimum absolute atomic E-state index is 0.562. The molecule has 0 radical (unpaired) electrons. The van der Waals surface area contributed by atoms with Gasteiger partial charge in [-0.1, -0.05) is 43.2 Å². The Labute approximate surface area is 147 Å². The van der Waals surface area contributed by atoms with Gasteiger partial charge in [-0.3, -0.25) is 0 Å². The van der Waals surface area contributed by atoms with Crippen LogP contribution in [-0.2, 0) is 6.42 Å². The summed E-state index contributed by atoms with van der Waals surface area (Å²) in [5, 5.41) is 4.94. The van der Waals surface area contributed by atoms with Crippen molar-refractivity contribution < 1.29 is 0 Å². The number of hydrogen-bond acceptors (Lipinski definition) is 4. The van der Waals surface area contributed by atoms with Gasteiger partial charge in [-0.05, 0) is 37.8 Å². The predicted molar refractivity (Wildman–Crippen MR) is 102 cm³/mol. The first kappa shape index (κ1) is 15.6. The molecule has 124 valence electrons. The first-order valence-electron chi connectivity index (χ1n) is 8.78. The van der Waals surface area contributed by atoms with E-state index < -0.39 is 0 Å². The molecule has 4 heteroatoms. The number of rotatable bonds is 4. The highest BCUT2D eigenvalue weighted by molar-refractivity contribution is 7.18. The second-order valence-electron chi connectivity index (χ2n) is 6.74. The van der Waals surface area contributed by atoms with Gasteiger partial charge < -0.3 is 5.32 Å². The summed E-state index contributed by atoms with van der Waals surface area (Å²) >= 11 is 1.78. The molecule has 2 heterocycles. The van der Waals surface area contributed by atoms with Crippen molar-refractivity contribution >= 4 is 27.4 Å². The van der Waals surface area contributed by atoms with E-state index in [0.717, 1.165) is 22.9 Å². The van der Waals surface area contributed by atoms with Crippen LogP contribution in [0, 0.1) is 13.8 Å². The maximum Gasteiger partial charge on any atom is 0.139 e. The van der Waals surface area contributed by atoms with E-state index >= 15 is 0 Å². The van der Waals surface area contributed by atoms with Gasteiger partial charge in [0.05, 0.1) is 5.39 Å². The number of hydrogen-bond donors (Lipinski definition) is 1. The Kier molecular flexibility index (Phi) is 4.23. The molecule has 1 N–H and O–H groups in total. The largest absolute Gasteiger partial charge is 0.367 e. The molecule has 0 unspecified atom stereocenters. The lowest BCUT2D eigenvalue weighted by Crippen LogP contribution is -2.16. The van der Waals surface area contributed by atoms with E-state index in [4.69, 9.17) is 9.97 Å². The number of fused-ring (bicyclic) bond motifs is 1. The molecule has 0 amide bonds. The highest BCUT2D eigenvalue weighted by Crippen LogP contribution is 2.35. The number of thiophene rings is 1. The fourth-order valence-electron chi connectivity index (χ4n) is 3.52. The van der Waals surface area contributed by atoms with Crippen LogP contribution in [0.2, 0.25) is 0 Å². The summed E-state index contributed by atoms with van der Waals surface area (Å²) in [5.41, 5.74) is 2.58. The molecule has 1 aromatic carbocycles. The molecule has 1 fully saturated rings. The van der Waals surface area contributed by atoms with Crippen molar-refractivity contribution in [3.05, 3.63) is 52.2 Å². The van der Waals surface area contributed by atoms with Gasteiger partial charge in [0.1, 0.15) is 16.5 Å². The second kappa shape index (κ2) is 6.52. The molecule has 1 aliphatic carbocycles. The lowest BCUT2D eigenvalue weighted by Gasteiger charge is -2.15. The number of benzene rings is 1. The van der Waals surface area contributed by atoms with Crippen molar-refractivity contribution in [2.45, 2.75) is 52.0 Å². The van der Waals surface area contributed by atoms with Gasteiger partial charge in [0.2, 0.25) is 0 Å². The summed E-state index contributed by atoms with van der Waals surface area (Å²) < 4.78 is 0. The first-order valence-corrected chi connectivity index (χ1v) is 9.59. The van der Waals surface area contributed by atoms with Gasteiger partial charge >= 0.3 is 0 Å². The van der Waals surface area contributed by atoms with E-state index in [-0.39, 0.29) is 0 Å². The molecule has 0 aliphatic heterocycles. The zero-order chi connectivity index (χ0) is 16.5. The Morgan fingerprint density at radius 2 is 1.83 bits per heavy atom. The zero-order valence-electron chi connectivity index (χ0n) is 14.3. The maximum atomic E-state index is 4.92. The van der Waals surface area contributed by atoms with Gasteiger partial charge in [-0.25, -0.2) is 9.97 Å². The standard InChI is InChI=1S/C20H23N3S/c1-13-14(2)24-20-18(13)19(21-16-10-6-7-11-16)22-17(23-20)12-15-8-4-3-5-9-15/h3-5,8-9,16H,6-7,10-12H2,1-2H3,(H,21,22,23). The number of nitrogens with one attached hydrogen (secondary N) is 1. The van der Waals surface area contributed by atoms with Crippen LogP contribution in [0.15, 0.2) is 30.3 Å². The molecule has 3 nitrogen and oxygen atoms in total.